The Morgan fingerprint density at radius 3 is 0.872 bits per heavy atom. The molecular weight excluding hydrogens is 1420 g/mol. The molecule has 109 heavy (non-hydrogen) atoms. The van der Waals surface area contributed by atoms with E-state index in [1.165, 1.54) is 85.5 Å². The van der Waals surface area contributed by atoms with Crippen LogP contribution in [0.15, 0.2) is 0 Å². The standard InChI is InChI=1S/2C14H26O2.C12H24O2.C10H19ClO2.C10H17F3O2.2C10H20O2.C9H18O2/c1-6-13(2,3)12(15)16-14(4,5)11-9-7-8-10-11;1-5-11(2)13(15)16-14(3,4)12-9-7-6-8-10-12;1-8-11(4,5)10(13)14-12(6,7)9(2)3;1-6-10(5,7-11)8(12)13-9(2,3)4;1-6-9(5,10(11,12)13)7(14)15-8(2,3)4;1-7-10(5,6)8(11)12-9(2,3)4;1-6-8(3)9(11)12-10(4,5)7-2;1-6-7(2)8(10)11-9(3,4)5/h11H,6-10H2,1-5H3;11-12H,5-10H2,1-4H3;9H,8H2,1-7H3;6-7H2,1-5H3;6H2,1-5H3;7H2,1-6H3;8H,6-7H2,1-5H3;7H,6H2,1-5H3. The van der Waals surface area contributed by atoms with Crippen LogP contribution in [0.5, 0.6) is 0 Å². The van der Waals surface area contributed by atoms with E-state index in [0.29, 0.717) is 30.1 Å². The van der Waals surface area contributed by atoms with Crippen LogP contribution in [-0.4, -0.2) is 105 Å². The molecule has 0 heterocycles. The molecule has 5 atom stereocenters. The van der Waals surface area contributed by atoms with Crippen LogP contribution in [-0.2, 0) is 76.3 Å². The van der Waals surface area contributed by atoms with Gasteiger partial charge in [0.05, 0.1) is 39.4 Å². The third kappa shape index (κ3) is 49.9. The molecule has 0 amide bonds. The molecule has 2 fully saturated rings. The van der Waals surface area contributed by atoms with Gasteiger partial charge in [0.15, 0.2) is 5.41 Å². The van der Waals surface area contributed by atoms with Crippen LogP contribution in [0.25, 0.3) is 0 Å². The summed E-state index contributed by atoms with van der Waals surface area (Å²) in [5.41, 5.74) is -7.34. The van der Waals surface area contributed by atoms with Gasteiger partial charge >= 0.3 is 53.9 Å². The lowest BCUT2D eigenvalue weighted by Crippen LogP contribution is -2.45. The average Bonchev–Trinajstić information content (AvgIpc) is 1.02. The molecule has 0 spiro atoms. The van der Waals surface area contributed by atoms with Crippen LogP contribution in [0.4, 0.5) is 13.2 Å². The van der Waals surface area contributed by atoms with Gasteiger partial charge in [-0.3, -0.25) is 38.4 Å². The molecule has 0 aromatic carbocycles. The zero-order valence-corrected chi connectivity index (χ0v) is 78.7. The summed E-state index contributed by atoms with van der Waals surface area (Å²) in [4.78, 5) is 92.7. The summed E-state index contributed by atoms with van der Waals surface area (Å²) in [7, 11) is 0. The molecule has 20 heteroatoms. The number of ether oxygens (including phenoxy) is 8. The number of alkyl halides is 4. The Kier molecular flexibility index (Phi) is 52.6. The monoisotopic (exact) mass is 1590 g/mol. The highest BCUT2D eigenvalue weighted by molar-refractivity contribution is 6.19. The summed E-state index contributed by atoms with van der Waals surface area (Å²) in [5.74, 6) is -0.0864. The largest absolute Gasteiger partial charge is 0.460 e. The van der Waals surface area contributed by atoms with Crippen molar-refractivity contribution in [2.24, 2.45) is 62.6 Å². The Morgan fingerprint density at radius 1 is 0.330 bits per heavy atom. The van der Waals surface area contributed by atoms with Crippen molar-refractivity contribution < 1.29 is 89.4 Å². The van der Waals surface area contributed by atoms with Crippen molar-refractivity contribution in [1.29, 1.82) is 0 Å². The lowest BCUT2D eigenvalue weighted by Gasteiger charge is -2.37. The highest BCUT2D eigenvalue weighted by Gasteiger charge is 2.57. The predicted molar refractivity (Wildman–Crippen MR) is 442 cm³/mol. The van der Waals surface area contributed by atoms with Gasteiger partial charge in [-0.05, 0) is 295 Å². The van der Waals surface area contributed by atoms with Crippen molar-refractivity contribution in [2.45, 2.75) is 457 Å². The smallest absolute Gasteiger partial charge is 0.404 e. The summed E-state index contributed by atoms with van der Waals surface area (Å²) in [6, 6.07) is 0. The molecule has 0 N–H and O–H groups in total. The highest BCUT2D eigenvalue weighted by atomic mass is 35.5. The maximum Gasteiger partial charge on any atom is 0.404 e. The summed E-state index contributed by atoms with van der Waals surface area (Å²) in [6.07, 6.45) is 12.9. The van der Waals surface area contributed by atoms with Crippen molar-refractivity contribution in [3.8, 4) is 0 Å². The molecule has 16 nitrogen and oxygen atoms in total. The second kappa shape index (κ2) is 49.6. The minimum Gasteiger partial charge on any atom is -0.460 e. The Hall–Kier alpha value is -4.16. The predicted octanol–water partition coefficient (Wildman–Crippen LogP) is 25.5. The number of rotatable bonds is 25. The van der Waals surface area contributed by atoms with E-state index in [0.717, 1.165) is 51.9 Å². The number of hydrogen-bond donors (Lipinski definition) is 0. The van der Waals surface area contributed by atoms with Crippen LogP contribution < -0.4 is 0 Å². The fraction of sp³-hybridized carbons (Fsp3) is 0.910. The maximum atomic E-state index is 12.6. The molecule has 650 valence electrons. The zero-order valence-electron chi connectivity index (χ0n) is 77.9. The molecule has 2 aliphatic carbocycles. The first-order valence-electron chi connectivity index (χ1n) is 41.0. The fourth-order valence-electron chi connectivity index (χ4n) is 8.56. The van der Waals surface area contributed by atoms with Gasteiger partial charge < -0.3 is 37.9 Å². The number of halogens is 4. The molecule has 2 aliphatic rings. The molecule has 0 bridgehead atoms. The van der Waals surface area contributed by atoms with Crippen molar-refractivity contribution in [1.82, 2.24) is 0 Å². The Balaban J connectivity index is -0.000000279. The van der Waals surface area contributed by atoms with E-state index >= 15 is 0 Å². The van der Waals surface area contributed by atoms with Gasteiger partial charge in [-0.15, -0.1) is 11.6 Å². The minimum absolute atomic E-state index is 0.0224. The number of hydrogen-bond acceptors (Lipinski definition) is 16. The minimum atomic E-state index is -4.58. The van der Waals surface area contributed by atoms with E-state index in [4.69, 9.17) is 49.5 Å². The van der Waals surface area contributed by atoms with E-state index in [2.05, 4.69) is 41.5 Å². The van der Waals surface area contributed by atoms with Gasteiger partial charge in [0, 0.05) is 5.88 Å². The average molecular weight is 1590 g/mol. The Morgan fingerprint density at radius 2 is 0.606 bits per heavy atom. The third-order valence-corrected chi connectivity index (χ3v) is 21.5. The number of carbonyl (C=O) groups is 8. The van der Waals surface area contributed by atoms with Crippen molar-refractivity contribution >= 4 is 59.4 Å². The zero-order chi connectivity index (χ0) is 88.2. The van der Waals surface area contributed by atoms with Gasteiger partial charge in [0.2, 0.25) is 0 Å². The molecule has 0 aliphatic heterocycles. The first-order chi connectivity index (χ1) is 48.6. The van der Waals surface area contributed by atoms with Crippen LogP contribution in [0.2, 0.25) is 0 Å². The molecule has 0 saturated heterocycles. The van der Waals surface area contributed by atoms with E-state index in [-0.39, 0.29) is 116 Å². The Bertz CT molecular complexity index is 2610. The quantitative estimate of drug-likeness (QED) is 0.0472. The second-order valence-corrected chi connectivity index (χ2v) is 39.2. The van der Waals surface area contributed by atoms with Crippen LogP contribution >= 0.6 is 11.6 Å². The van der Waals surface area contributed by atoms with Crippen molar-refractivity contribution in [2.75, 3.05) is 5.88 Å². The molecule has 0 radical (unpaired) electrons. The third-order valence-electron chi connectivity index (χ3n) is 20.9. The SMILES string of the molecule is CCC(C)(C(=O)OC(C)(C)C)C(F)(F)F.CCC(C)(C)C(=O)OC(C)(C)C.CCC(C)(C)C(=O)OC(C)(C)C(C)C.CCC(C)(C)C(=O)OC(C)(C)C1CCCC1.CCC(C)(CCl)C(=O)OC(C)(C)C.CCC(C)C(=O)OC(C)(C)C.CCC(C)C(=O)OC(C)(C)C1CCCCC1.CCC(C)C(=O)OC(C)(C)CC. The molecular formula is C89H170ClF3O16. The summed E-state index contributed by atoms with van der Waals surface area (Å²) in [5, 5.41) is 0. The summed E-state index contributed by atoms with van der Waals surface area (Å²) in [6.45, 7) is 79.0. The van der Waals surface area contributed by atoms with E-state index in [1.807, 2.05) is 215 Å². The first-order valence-corrected chi connectivity index (χ1v) is 41.6. The fourth-order valence-corrected chi connectivity index (χ4v) is 8.86. The lowest BCUT2D eigenvalue weighted by atomic mass is 9.78. The highest BCUT2D eigenvalue weighted by Crippen LogP contribution is 2.43. The molecule has 0 aromatic heterocycles. The van der Waals surface area contributed by atoms with E-state index in [1.54, 1.807) is 0 Å². The second-order valence-electron chi connectivity index (χ2n) is 38.9. The summed E-state index contributed by atoms with van der Waals surface area (Å²) >= 11 is 5.73. The Labute approximate surface area is 671 Å². The van der Waals surface area contributed by atoms with Gasteiger partial charge in [0.1, 0.15) is 44.8 Å². The molecule has 0 aromatic rings. The lowest BCUT2D eigenvalue weighted by molar-refractivity contribution is -0.236. The van der Waals surface area contributed by atoms with Gasteiger partial charge in [-0.2, -0.15) is 13.2 Å². The van der Waals surface area contributed by atoms with Crippen molar-refractivity contribution in [3.05, 3.63) is 0 Å². The number of carbonyl (C=O) groups excluding carboxylic acids is 8. The van der Waals surface area contributed by atoms with Gasteiger partial charge in [0.25, 0.3) is 0 Å². The molecule has 2 saturated carbocycles. The van der Waals surface area contributed by atoms with E-state index < -0.39 is 34.2 Å². The van der Waals surface area contributed by atoms with Crippen LogP contribution in [0, 0.1) is 62.6 Å². The van der Waals surface area contributed by atoms with Crippen LogP contribution in [0.3, 0.4) is 0 Å². The first kappa shape index (κ1) is 116. The normalized spacial score (nSPS) is 16.2. The molecule has 2 rings (SSSR count). The van der Waals surface area contributed by atoms with Gasteiger partial charge in [-0.25, -0.2) is 0 Å². The molecule has 5 unspecified atom stereocenters. The topological polar surface area (TPSA) is 210 Å². The van der Waals surface area contributed by atoms with Crippen molar-refractivity contribution in [3.63, 3.8) is 0 Å². The summed E-state index contributed by atoms with van der Waals surface area (Å²) < 4.78 is 80.6. The van der Waals surface area contributed by atoms with Crippen LogP contribution in [0.1, 0.15) is 406 Å². The maximum absolute atomic E-state index is 12.6. The number of esters is 8. The van der Waals surface area contributed by atoms with Gasteiger partial charge in [-0.1, -0.05) is 129 Å². The van der Waals surface area contributed by atoms with E-state index in [9.17, 15) is 51.5 Å².